The Labute approximate surface area is 218 Å². The number of aromatic nitrogens is 1. The molecule has 0 amide bonds. The van der Waals surface area contributed by atoms with Crippen LogP contribution in [0.2, 0.25) is 0 Å². The zero-order chi connectivity index (χ0) is 26.3. The van der Waals surface area contributed by atoms with Crippen LogP contribution in [0.3, 0.4) is 0 Å². The molecule has 0 aliphatic carbocycles. The van der Waals surface area contributed by atoms with Crippen LogP contribution in [0.5, 0.6) is 11.5 Å². The average Bonchev–Trinajstić information content (AvgIpc) is 3.52. The number of H-pyrrole nitrogens is 1. The first kappa shape index (κ1) is 24.3. The molecule has 2 fully saturated rings. The second kappa shape index (κ2) is 9.34. The maximum Gasteiger partial charge on any atom is 0.423 e. The number of nitrogens with zero attached hydrogens (tertiary/aromatic N) is 1. The van der Waals surface area contributed by atoms with Crippen molar-refractivity contribution in [3.05, 3.63) is 72.4 Å². The zero-order valence-corrected chi connectivity index (χ0v) is 20.9. The number of carbonyl (C=O) groups excluding carboxylic acids is 2. The third-order valence-corrected chi connectivity index (χ3v) is 7.49. The number of fused-ring (bicyclic) bond motifs is 2. The fourth-order valence-electron chi connectivity index (χ4n) is 5.27. The van der Waals surface area contributed by atoms with Crippen LogP contribution in [0.4, 0.5) is 0 Å². The molecule has 38 heavy (non-hydrogen) atoms. The normalized spacial score (nSPS) is 18.9. The number of aromatic amines is 1. The summed E-state index contributed by atoms with van der Waals surface area (Å²) in [5.41, 5.74) is 0.777. The van der Waals surface area contributed by atoms with Crippen molar-refractivity contribution in [2.75, 3.05) is 26.7 Å². The summed E-state index contributed by atoms with van der Waals surface area (Å²) in [5, 5.41) is 14.4. The fourth-order valence-corrected chi connectivity index (χ4v) is 5.27. The number of carbonyl (C=O) groups is 2. The fraction of sp³-hybridized carbons (Fsp3) is 0.310. The molecule has 9 heteroatoms. The number of piperidine rings is 1. The Bertz CT molecular complexity index is 1500. The van der Waals surface area contributed by atoms with Crippen molar-refractivity contribution in [1.29, 1.82) is 0 Å². The van der Waals surface area contributed by atoms with Crippen molar-refractivity contribution in [3.8, 4) is 11.5 Å². The molecule has 0 atom stereocenters. The van der Waals surface area contributed by atoms with Gasteiger partial charge in [0.15, 0.2) is 0 Å². The van der Waals surface area contributed by atoms with E-state index in [-0.39, 0.29) is 6.42 Å². The Morgan fingerprint density at radius 2 is 1.71 bits per heavy atom. The third kappa shape index (κ3) is 4.44. The van der Waals surface area contributed by atoms with Gasteiger partial charge in [-0.3, -0.25) is 0 Å². The summed E-state index contributed by atoms with van der Waals surface area (Å²) in [4.78, 5) is 29.2. The highest BCUT2D eigenvalue weighted by Gasteiger charge is 2.52. The first-order valence-corrected chi connectivity index (χ1v) is 12.6. The van der Waals surface area contributed by atoms with Gasteiger partial charge in [0.05, 0.1) is 19.1 Å². The minimum atomic E-state index is -1.84. The van der Waals surface area contributed by atoms with E-state index in [1.807, 2.05) is 48.5 Å². The number of aliphatic hydroxyl groups is 1. The molecule has 3 heterocycles. The number of likely N-dealkylation sites (tertiary alicyclic amines) is 1. The Hall–Kier alpha value is -4.08. The predicted molar refractivity (Wildman–Crippen MR) is 139 cm³/mol. The lowest BCUT2D eigenvalue weighted by Crippen LogP contribution is -2.46. The maximum atomic E-state index is 12.0. The summed E-state index contributed by atoms with van der Waals surface area (Å²) in [6.45, 7) is 1.67. The van der Waals surface area contributed by atoms with Gasteiger partial charge >= 0.3 is 17.9 Å². The van der Waals surface area contributed by atoms with Crippen LogP contribution >= 0.6 is 0 Å². The van der Waals surface area contributed by atoms with E-state index in [0.29, 0.717) is 38.2 Å². The summed E-state index contributed by atoms with van der Waals surface area (Å²) in [7, 11) is 1.64. The van der Waals surface area contributed by atoms with E-state index in [1.165, 1.54) is 0 Å². The van der Waals surface area contributed by atoms with Crippen LogP contribution in [0.1, 0.15) is 24.8 Å². The average molecular weight is 517 g/mol. The molecule has 2 aliphatic rings. The highest BCUT2D eigenvalue weighted by molar-refractivity contribution is 6.31. The highest BCUT2D eigenvalue weighted by Crippen LogP contribution is 2.37. The smallest absolute Gasteiger partial charge is 0.423 e. The van der Waals surface area contributed by atoms with Gasteiger partial charge in [0.2, 0.25) is 0 Å². The molecular weight excluding hydrogens is 488 g/mol. The van der Waals surface area contributed by atoms with Crippen molar-refractivity contribution in [1.82, 2.24) is 9.88 Å². The predicted octanol–water partition coefficient (Wildman–Crippen LogP) is 3.84. The van der Waals surface area contributed by atoms with Crippen LogP contribution in [0.15, 0.2) is 66.9 Å². The summed E-state index contributed by atoms with van der Waals surface area (Å²) < 4.78 is 22.0. The maximum absolute atomic E-state index is 12.0. The van der Waals surface area contributed by atoms with Gasteiger partial charge in [-0.25, -0.2) is 9.59 Å². The van der Waals surface area contributed by atoms with Gasteiger partial charge in [-0.2, -0.15) is 0 Å². The summed E-state index contributed by atoms with van der Waals surface area (Å²) in [5.74, 6) is -2.76. The minimum Gasteiger partial charge on any atom is -0.497 e. The molecule has 2 N–H and O–H groups in total. The lowest BCUT2D eigenvalue weighted by molar-refractivity contribution is -0.278. The molecule has 2 aliphatic heterocycles. The molecule has 3 aromatic carbocycles. The van der Waals surface area contributed by atoms with E-state index in [0.717, 1.165) is 33.0 Å². The number of ether oxygens (including phenoxy) is 4. The van der Waals surface area contributed by atoms with Crippen LogP contribution in [0, 0.1) is 0 Å². The van der Waals surface area contributed by atoms with Crippen LogP contribution in [-0.2, 0) is 24.7 Å². The topological polar surface area (TPSA) is 110 Å². The SMILES string of the molecule is COc1ccc2cc(C3(O)CCN(CCC4(Oc5cccc6[nH]ccc56)OC(=O)C(=O)O4)CC3)ccc2c1. The number of benzene rings is 3. The third-order valence-electron chi connectivity index (χ3n) is 7.49. The van der Waals surface area contributed by atoms with Crippen LogP contribution in [-0.4, -0.2) is 59.6 Å². The quantitative estimate of drug-likeness (QED) is 0.282. The van der Waals surface area contributed by atoms with E-state index in [9.17, 15) is 14.7 Å². The van der Waals surface area contributed by atoms with E-state index in [2.05, 4.69) is 9.88 Å². The number of cyclic esters (lactones) is 2. The first-order valence-electron chi connectivity index (χ1n) is 12.6. The van der Waals surface area contributed by atoms with Crippen molar-refractivity contribution in [3.63, 3.8) is 0 Å². The molecule has 9 nitrogen and oxygen atoms in total. The van der Waals surface area contributed by atoms with Crippen LogP contribution < -0.4 is 9.47 Å². The second-order valence-corrected chi connectivity index (χ2v) is 9.81. The zero-order valence-electron chi connectivity index (χ0n) is 20.9. The number of methoxy groups -OCH3 is 1. The lowest BCUT2D eigenvalue weighted by Gasteiger charge is -2.39. The number of rotatable bonds is 7. The van der Waals surface area contributed by atoms with E-state index < -0.39 is 23.5 Å². The van der Waals surface area contributed by atoms with E-state index in [1.54, 1.807) is 25.4 Å². The van der Waals surface area contributed by atoms with Gasteiger partial charge in [0, 0.05) is 36.7 Å². The molecule has 0 radical (unpaired) electrons. The molecule has 0 saturated carbocycles. The van der Waals surface area contributed by atoms with Gasteiger partial charge in [-0.15, -0.1) is 0 Å². The molecule has 6 rings (SSSR count). The van der Waals surface area contributed by atoms with Gasteiger partial charge in [-0.05, 0) is 65.6 Å². The molecule has 2 saturated heterocycles. The van der Waals surface area contributed by atoms with Crippen molar-refractivity contribution in [2.45, 2.75) is 30.8 Å². The van der Waals surface area contributed by atoms with E-state index in [4.69, 9.17) is 18.9 Å². The molecule has 1 aromatic heterocycles. The summed E-state index contributed by atoms with van der Waals surface area (Å²) in [6, 6.07) is 19.2. The molecule has 196 valence electrons. The van der Waals surface area contributed by atoms with Crippen molar-refractivity contribution >= 4 is 33.6 Å². The number of hydrogen-bond donors (Lipinski definition) is 2. The molecule has 0 bridgehead atoms. The van der Waals surface area contributed by atoms with Crippen LogP contribution in [0.25, 0.3) is 21.7 Å². The molecule has 0 spiro atoms. The van der Waals surface area contributed by atoms with Gasteiger partial charge < -0.3 is 33.9 Å². The number of esters is 2. The number of hydrogen-bond acceptors (Lipinski definition) is 8. The largest absolute Gasteiger partial charge is 0.497 e. The standard InChI is InChI=1S/C29H28N2O7/c1-35-22-8-6-19-17-21(7-5-20(19)18-22)28(34)10-14-31(15-11-28)16-12-29(37-26(32)27(33)38-29)36-25-4-2-3-24-23(25)9-13-30-24/h2-9,13,17-18,30,34H,10-12,14-16H2,1H3. The van der Waals surface area contributed by atoms with Crippen molar-refractivity contribution in [2.24, 2.45) is 0 Å². The minimum absolute atomic E-state index is 0.127. The second-order valence-electron chi connectivity index (χ2n) is 9.81. The van der Waals surface area contributed by atoms with Gasteiger partial charge in [0.25, 0.3) is 0 Å². The van der Waals surface area contributed by atoms with Gasteiger partial charge in [-0.1, -0.05) is 24.3 Å². The Morgan fingerprint density at radius 1 is 0.974 bits per heavy atom. The van der Waals surface area contributed by atoms with E-state index >= 15 is 0 Å². The first-order chi connectivity index (χ1) is 18.4. The molecule has 4 aromatic rings. The highest BCUT2D eigenvalue weighted by atomic mass is 16.9. The van der Waals surface area contributed by atoms with Gasteiger partial charge in [0.1, 0.15) is 11.5 Å². The molecule has 0 unspecified atom stereocenters. The summed E-state index contributed by atoms with van der Waals surface area (Å²) in [6.07, 6.45) is 2.97. The van der Waals surface area contributed by atoms with Crippen molar-refractivity contribution < 1.29 is 33.6 Å². The molecular formula is C29H28N2O7. The monoisotopic (exact) mass is 516 g/mol. The number of nitrogens with one attached hydrogen (secondary N) is 1. The Balaban J connectivity index is 1.14. The summed E-state index contributed by atoms with van der Waals surface area (Å²) >= 11 is 0. The lowest BCUT2D eigenvalue weighted by atomic mass is 9.83. The Morgan fingerprint density at radius 3 is 2.47 bits per heavy atom. The Kier molecular flexibility index (Phi) is 5.97.